The number of hydrogen-bond acceptors (Lipinski definition) is 3. The van der Waals surface area contributed by atoms with Crippen molar-refractivity contribution in [2.45, 2.75) is 18.6 Å². The summed E-state index contributed by atoms with van der Waals surface area (Å²) in [7, 11) is 0. The summed E-state index contributed by atoms with van der Waals surface area (Å²) in [4.78, 5) is 25.3. The van der Waals surface area contributed by atoms with Crippen molar-refractivity contribution in [1.82, 2.24) is 15.1 Å². The van der Waals surface area contributed by atoms with Crippen molar-refractivity contribution in [3.63, 3.8) is 0 Å². The van der Waals surface area contributed by atoms with Gasteiger partial charge >= 0.3 is 18.2 Å². The van der Waals surface area contributed by atoms with Crippen molar-refractivity contribution in [3.05, 3.63) is 12.7 Å². The smallest absolute Gasteiger partial charge is 0.401 e. The van der Waals surface area contributed by atoms with Crippen molar-refractivity contribution < 1.29 is 27.9 Å². The molecule has 1 saturated heterocycles. The molecule has 9 heteroatoms. The summed E-state index contributed by atoms with van der Waals surface area (Å²) in [5.74, 6) is -1.18. The number of piperazine rings is 1. The number of halogens is 3. The first kappa shape index (κ1) is 17.3. The average Bonchev–Trinajstić information content (AvgIpc) is 2.36. The molecule has 2 N–H and O–H groups in total. The molecule has 1 rings (SSSR count). The van der Waals surface area contributed by atoms with Crippen molar-refractivity contribution >= 4 is 12.0 Å². The van der Waals surface area contributed by atoms with Gasteiger partial charge in [-0.2, -0.15) is 13.2 Å². The highest BCUT2D eigenvalue weighted by molar-refractivity contribution is 5.82. The molecule has 1 aliphatic heterocycles. The Morgan fingerprint density at radius 2 is 1.86 bits per heavy atom. The van der Waals surface area contributed by atoms with Crippen LogP contribution in [0.4, 0.5) is 18.0 Å². The van der Waals surface area contributed by atoms with Gasteiger partial charge in [0, 0.05) is 26.2 Å². The van der Waals surface area contributed by atoms with Crippen LogP contribution in [0.1, 0.15) is 6.42 Å². The maximum absolute atomic E-state index is 12.2. The molecule has 6 nitrogen and oxygen atoms in total. The van der Waals surface area contributed by atoms with E-state index in [-0.39, 0.29) is 32.6 Å². The van der Waals surface area contributed by atoms with Crippen LogP contribution in [-0.4, -0.2) is 71.8 Å². The molecule has 1 heterocycles. The first-order valence-electron chi connectivity index (χ1n) is 6.41. The predicted octanol–water partition coefficient (Wildman–Crippen LogP) is 0.905. The number of nitrogens with zero attached hydrogens (tertiary/aromatic N) is 2. The molecule has 0 aromatic heterocycles. The van der Waals surface area contributed by atoms with Gasteiger partial charge in [-0.05, 0) is 6.42 Å². The highest BCUT2D eigenvalue weighted by atomic mass is 19.4. The molecular weight excluding hydrogens is 291 g/mol. The molecular formula is C12H18F3N3O3. The minimum Gasteiger partial charge on any atom is -0.480 e. The molecule has 0 aliphatic carbocycles. The van der Waals surface area contributed by atoms with Gasteiger partial charge in [0.25, 0.3) is 0 Å². The van der Waals surface area contributed by atoms with Crippen LogP contribution in [0.2, 0.25) is 0 Å². The van der Waals surface area contributed by atoms with Crippen molar-refractivity contribution in [2.75, 3.05) is 32.7 Å². The summed E-state index contributed by atoms with van der Waals surface area (Å²) in [6, 6.07) is -1.67. The molecule has 1 aliphatic rings. The number of carboxylic acid groups (broad SMARTS) is 1. The molecule has 0 bridgehead atoms. The third-order valence-electron chi connectivity index (χ3n) is 3.06. The molecule has 1 unspecified atom stereocenters. The Hall–Kier alpha value is -1.77. The zero-order valence-electron chi connectivity index (χ0n) is 11.4. The van der Waals surface area contributed by atoms with Gasteiger partial charge in [0.2, 0.25) is 0 Å². The summed E-state index contributed by atoms with van der Waals surface area (Å²) in [5.41, 5.74) is 0. The molecule has 120 valence electrons. The Kier molecular flexibility index (Phi) is 6.01. The van der Waals surface area contributed by atoms with Gasteiger partial charge in [0.05, 0.1) is 6.54 Å². The number of amides is 2. The molecule has 0 spiro atoms. The normalized spacial score (nSPS) is 18.1. The van der Waals surface area contributed by atoms with E-state index in [1.54, 1.807) is 0 Å². The Balaban J connectivity index is 2.44. The molecule has 2 amide bonds. The number of carbonyl (C=O) groups is 2. The first-order chi connectivity index (χ1) is 9.73. The lowest BCUT2D eigenvalue weighted by atomic mass is 10.2. The van der Waals surface area contributed by atoms with Crippen LogP contribution >= 0.6 is 0 Å². The Morgan fingerprint density at radius 1 is 1.29 bits per heavy atom. The highest BCUT2D eigenvalue weighted by Crippen LogP contribution is 2.17. The maximum atomic E-state index is 12.2. The quantitative estimate of drug-likeness (QED) is 0.740. The second kappa shape index (κ2) is 7.30. The second-order valence-electron chi connectivity index (χ2n) is 4.74. The fraction of sp³-hybridized carbons (Fsp3) is 0.667. The number of carbonyl (C=O) groups excluding carboxylic acids is 1. The summed E-state index contributed by atoms with van der Waals surface area (Å²) in [6.07, 6.45) is -2.81. The summed E-state index contributed by atoms with van der Waals surface area (Å²) >= 11 is 0. The number of aliphatic carboxylic acids is 1. The lowest BCUT2D eigenvalue weighted by Gasteiger charge is -2.35. The van der Waals surface area contributed by atoms with E-state index in [0.717, 1.165) is 0 Å². The fourth-order valence-corrected chi connectivity index (χ4v) is 1.99. The van der Waals surface area contributed by atoms with Gasteiger partial charge in [0.15, 0.2) is 0 Å². The van der Waals surface area contributed by atoms with Gasteiger partial charge in [0.1, 0.15) is 6.04 Å². The van der Waals surface area contributed by atoms with Crippen LogP contribution in [0.5, 0.6) is 0 Å². The van der Waals surface area contributed by atoms with E-state index in [1.165, 1.54) is 15.9 Å². The zero-order chi connectivity index (χ0) is 16.0. The first-order valence-corrected chi connectivity index (χ1v) is 6.41. The number of rotatable bonds is 5. The lowest BCUT2D eigenvalue weighted by Crippen LogP contribution is -2.55. The molecule has 0 aromatic carbocycles. The van der Waals surface area contributed by atoms with E-state index in [9.17, 15) is 22.8 Å². The van der Waals surface area contributed by atoms with E-state index in [0.29, 0.717) is 0 Å². The highest BCUT2D eigenvalue weighted by Gasteiger charge is 2.33. The summed E-state index contributed by atoms with van der Waals surface area (Å²) in [6.45, 7) is 2.86. The minimum absolute atomic E-state index is 0.0785. The summed E-state index contributed by atoms with van der Waals surface area (Å²) in [5, 5.41) is 11.2. The molecule has 0 aromatic rings. The third-order valence-corrected chi connectivity index (χ3v) is 3.06. The Labute approximate surface area is 120 Å². The molecule has 0 radical (unpaired) electrons. The van der Waals surface area contributed by atoms with Gasteiger partial charge in [-0.3, -0.25) is 4.90 Å². The fourth-order valence-electron chi connectivity index (χ4n) is 1.99. The Bertz CT molecular complexity index is 393. The number of hydrogen-bond donors (Lipinski definition) is 2. The van der Waals surface area contributed by atoms with Crippen LogP contribution in [0, 0.1) is 0 Å². The van der Waals surface area contributed by atoms with E-state index >= 15 is 0 Å². The number of urea groups is 1. The van der Waals surface area contributed by atoms with Crippen molar-refractivity contribution in [3.8, 4) is 0 Å². The van der Waals surface area contributed by atoms with Crippen LogP contribution in [0.15, 0.2) is 12.7 Å². The second-order valence-corrected chi connectivity index (χ2v) is 4.74. The molecule has 1 atom stereocenters. The average molecular weight is 309 g/mol. The van der Waals surface area contributed by atoms with Crippen LogP contribution in [0.25, 0.3) is 0 Å². The summed E-state index contributed by atoms with van der Waals surface area (Å²) < 4.78 is 36.7. The monoisotopic (exact) mass is 309 g/mol. The van der Waals surface area contributed by atoms with Gasteiger partial charge in [-0.1, -0.05) is 6.08 Å². The minimum atomic E-state index is -4.26. The molecule has 21 heavy (non-hydrogen) atoms. The van der Waals surface area contributed by atoms with Crippen LogP contribution in [-0.2, 0) is 4.79 Å². The van der Waals surface area contributed by atoms with E-state index in [4.69, 9.17) is 5.11 Å². The van der Waals surface area contributed by atoms with Crippen molar-refractivity contribution in [1.29, 1.82) is 0 Å². The van der Waals surface area contributed by atoms with E-state index < -0.39 is 30.8 Å². The van der Waals surface area contributed by atoms with Gasteiger partial charge in [-0.25, -0.2) is 9.59 Å². The maximum Gasteiger partial charge on any atom is 0.401 e. The topological polar surface area (TPSA) is 72.9 Å². The SMILES string of the molecule is C=CCC(NC(=O)N1CCN(CC(F)(F)F)CC1)C(=O)O. The number of alkyl halides is 3. The van der Waals surface area contributed by atoms with Crippen LogP contribution in [0.3, 0.4) is 0 Å². The van der Waals surface area contributed by atoms with Gasteiger partial charge in [-0.15, -0.1) is 6.58 Å². The Morgan fingerprint density at radius 3 is 2.29 bits per heavy atom. The standard InChI is InChI=1S/C12H18F3N3O3/c1-2-3-9(10(19)20)16-11(21)18-6-4-17(5-7-18)8-12(13,14)15/h2,9H,1,3-8H2,(H,16,21)(H,19,20). The van der Waals surface area contributed by atoms with E-state index in [1.807, 2.05) is 0 Å². The third kappa shape index (κ3) is 6.03. The molecule has 1 fully saturated rings. The predicted molar refractivity (Wildman–Crippen MR) is 68.8 cm³/mol. The number of nitrogens with one attached hydrogen (secondary N) is 1. The van der Waals surface area contributed by atoms with E-state index in [2.05, 4.69) is 11.9 Å². The van der Waals surface area contributed by atoms with Gasteiger partial charge < -0.3 is 15.3 Å². The van der Waals surface area contributed by atoms with Crippen LogP contribution < -0.4 is 5.32 Å². The largest absolute Gasteiger partial charge is 0.480 e. The van der Waals surface area contributed by atoms with Crippen molar-refractivity contribution in [2.24, 2.45) is 0 Å². The zero-order valence-corrected chi connectivity index (χ0v) is 11.4. The number of carboxylic acids is 1. The lowest BCUT2D eigenvalue weighted by molar-refractivity contribution is -0.148. The molecule has 0 saturated carbocycles.